The van der Waals surface area contributed by atoms with Crippen molar-refractivity contribution in [1.82, 2.24) is 5.32 Å². The van der Waals surface area contributed by atoms with Crippen LogP contribution in [0.3, 0.4) is 0 Å². The zero-order valence-corrected chi connectivity index (χ0v) is 11.7. The number of rotatable bonds is 5. The van der Waals surface area contributed by atoms with Crippen LogP contribution in [0.1, 0.15) is 37.0 Å². The van der Waals surface area contributed by atoms with E-state index in [4.69, 9.17) is 16.7 Å². The molecule has 1 aromatic carbocycles. The van der Waals surface area contributed by atoms with Crippen molar-refractivity contribution in [3.8, 4) is 0 Å². The summed E-state index contributed by atoms with van der Waals surface area (Å²) in [5, 5.41) is 10.9. The maximum atomic E-state index is 13.6. The molecule has 0 fully saturated rings. The van der Waals surface area contributed by atoms with Crippen molar-refractivity contribution in [2.24, 2.45) is 0 Å². The number of benzene rings is 1. The second-order valence-corrected chi connectivity index (χ2v) is 4.99. The number of carboxylic acids is 1. The van der Waals surface area contributed by atoms with E-state index in [1.54, 1.807) is 6.92 Å². The molecule has 110 valence electrons. The minimum Gasteiger partial charge on any atom is -0.480 e. The molecule has 0 aliphatic rings. The molecule has 0 saturated heterocycles. The van der Waals surface area contributed by atoms with E-state index in [1.807, 2.05) is 0 Å². The minimum absolute atomic E-state index is 0.158. The van der Waals surface area contributed by atoms with Crippen molar-refractivity contribution in [3.05, 3.63) is 34.4 Å². The lowest BCUT2D eigenvalue weighted by atomic mass is 9.95. The molecule has 1 aromatic rings. The number of carboxylic acid groups (broad SMARTS) is 1. The van der Waals surface area contributed by atoms with Gasteiger partial charge in [-0.1, -0.05) is 24.9 Å². The fraction of sp³-hybridized carbons (Fsp3) is 0.385. The highest BCUT2D eigenvalue weighted by Crippen LogP contribution is 2.21. The molecule has 0 aromatic heterocycles. The van der Waals surface area contributed by atoms with Crippen LogP contribution in [-0.4, -0.2) is 22.5 Å². The van der Waals surface area contributed by atoms with E-state index in [0.29, 0.717) is 18.6 Å². The van der Waals surface area contributed by atoms with E-state index >= 15 is 0 Å². The van der Waals surface area contributed by atoms with Crippen LogP contribution in [0.15, 0.2) is 12.1 Å². The van der Waals surface area contributed by atoms with Gasteiger partial charge in [-0.05, 0) is 25.5 Å². The maximum Gasteiger partial charge on any atom is 0.329 e. The normalized spacial score (nSPS) is 13.7. The third-order valence-electron chi connectivity index (χ3n) is 2.87. The summed E-state index contributed by atoms with van der Waals surface area (Å²) in [6.07, 6.45) is 0.659. The summed E-state index contributed by atoms with van der Waals surface area (Å²) in [5.74, 6) is -4.22. The number of aliphatic carboxylic acids is 1. The number of nitrogens with one attached hydrogen (secondary N) is 1. The van der Waals surface area contributed by atoms with Crippen molar-refractivity contribution < 1.29 is 23.5 Å². The van der Waals surface area contributed by atoms with Gasteiger partial charge < -0.3 is 10.4 Å². The molecule has 2 N–H and O–H groups in total. The number of hydrogen-bond donors (Lipinski definition) is 2. The second-order valence-electron chi connectivity index (χ2n) is 4.59. The van der Waals surface area contributed by atoms with Crippen molar-refractivity contribution >= 4 is 23.5 Å². The molecule has 7 heteroatoms. The number of amides is 1. The van der Waals surface area contributed by atoms with E-state index in [2.05, 4.69) is 5.32 Å². The summed E-state index contributed by atoms with van der Waals surface area (Å²) in [7, 11) is 0. The van der Waals surface area contributed by atoms with Crippen LogP contribution >= 0.6 is 11.6 Å². The molecule has 1 unspecified atom stereocenters. The highest BCUT2D eigenvalue weighted by atomic mass is 35.5. The third kappa shape index (κ3) is 3.45. The first-order chi connectivity index (χ1) is 9.21. The lowest BCUT2D eigenvalue weighted by Gasteiger charge is -2.25. The van der Waals surface area contributed by atoms with Gasteiger partial charge in [0.1, 0.15) is 17.2 Å². The molecule has 0 radical (unpaired) electrons. The molecule has 20 heavy (non-hydrogen) atoms. The number of hydrogen-bond acceptors (Lipinski definition) is 2. The summed E-state index contributed by atoms with van der Waals surface area (Å²) in [6, 6.07) is 1.31. The Morgan fingerprint density at radius 3 is 2.45 bits per heavy atom. The number of halogens is 3. The first-order valence-corrected chi connectivity index (χ1v) is 6.29. The number of carbonyl (C=O) groups is 2. The quantitative estimate of drug-likeness (QED) is 0.822. The summed E-state index contributed by atoms with van der Waals surface area (Å²) in [5.41, 5.74) is -2.13. The summed E-state index contributed by atoms with van der Waals surface area (Å²) < 4.78 is 26.8. The molecule has 0 aliphatic heterocycles. The molecule has 1 atom stereocenters. The van der Waals surface area contributed by atoms with Crippen molar-refractivity contribution in [2.45, 2.75) is 32.2 Å². The van der Waals surface area contributed by atoms with E-state index in [9.17, 15) is 18.4 Å². The molecule has 0 saturated carbocycles. The third-order valence-corrected chi connectivity index (χ3v) is 3.16. The van der Waals surface area contributed by atoms with Crippen LogP contribution in [0.25, 0.3) is 0 Å². The summed E-state index contributed by atoms with van der Waals surface area (Å²) in [6.45, 7) is 3.05. The SMILES string of the molecule is CCCC(C)(NC(=O)c1cc(F)c(Cl)cc1F)C(=O)O. The monoisotopic (exact) mass is 305 g/mol. The van der Waals surface area contributed by atoms with Gasteiger partial charge in [-0.25, -0.2) is 13.6 Å². The van der Waals surface area contributed by atoms with Crippen LogP contribution in [0.2, 0.25) is 5.02 Å². The van der Waals surface area contributed by atoms with Gasteiger partial charge in [-0.15, -0.1) is 0 Å². The molecular weight excluding hydrogens is 292 g/mol. The minimum atomic E-state index is -1.55. The molecule has 0 aliphatic carbocycles. The highest BCUT2D eigenvalue weighted by molar-refractivity contribution is 6.30. The van der Waals surface area contributed by atoms with Gasteiger partial charge in [0, 0.05) is 0 Å². The zero-order valence-electron chi connectivity index (χ0n) is 11.0. The molecule has 4 nitrogen and oxygen atoms in total. The maximum absolute atomic E-state index is 13.6. The lowest BCUT2D eigenvalue weighted by Crippen LogP contribution is -2.52. The molecule has 1 amide bonds. The Hall–Kier alpha value is -1.69. The van der Waals surface area contributed by atoms with E-state index in [1.165, 1.54) is 6.92 Å². The Morgan fingerprint density at radius 1 is 1.35 bits per heavy atom. The first kappa shape index (κ1) is 16.4. The molecule has 0 bridgehead atoms. The standard InChI is InChI=1S/C13H14ClF2NO3/c1-3-4-13(2,12(19)20)17-11(18)7-5-10(16)8(14)6-9(7)15/h5-6H,3-4H2,1-2H3,(H,17,18)(H,19,20). The predicted octanol–water partition coefficient (Wildman–Crippen LogP) is 2.99. The lowest BCUT2D eigenvalue weighted by molar-refractivity contribution is -0.144. The Kier molecular flexibility index (Phi) is 5.05. The fourth-order valence-electron chi connectivity index (χ4n) is 1.74. The average Bonchev–Trinajstić information content (AvgIpc) is 2.33. The largest absolute Gasteiger partial charge is 0.480 e. The van der Waals surface area contributed by atoms with Crippen LogP contribution in [-0.2, 0) is 4.79 Å². The van der Waals surface area contributed by atoms with E-state index in [-0.39, 0.29) is 6.42 Å². The van der Waals surface area contributed by atoms with E-state index < -0.39 is 39.6 Å². The van der Waals surface area contributed by atoms with Crippen LogP contribution in [0.5, 0.6) is 0 Å². The van der Waals surface area contributed by atoms with Gasteiger partial charge in [0.05, 0.1) is 10.6 Å². The Bertz CT molecular complexity index is 551. The average molecular weight is 306 g/mol. The van der Waals surface area contributed by atoms with Gasteiger partial charge in [0.2, 0.25) is 0 Å². The van der Waals surface area contributed by atoms with Crippen LogP contribution < -0.4 is 5.32 Å². The topological polar surface area (TPSA) is 66.4 Å². The molecule has 0 spiro atoms. The van der Waals surface area contributed by atoms with Gasteiger partial charge in [0.15, 0.2) is 0 Å². The van der Waals surface area contributed by atoms with Crippen molar-refractivity contribution in [2.75, 3.05) is 0 Å². The Balaban J connectivity index is 3.07. The first-order valence-electron chi connectivity index (χ1n) is 5.91. The second kappa shape index (κ2) is 6.17. The van der Waals surface area contributed by atoms with Gasteiger partial charge in [0.25, 0.3) is 5.91 Å². The molecule has 1 rings (SSSR count). The van der Waals surface area contributed by atoms with Gasteiger partial charge >= 0.3 is 5.97 Å². The van der Waals surface area contributed by atoms with E-state index in [0.717, 1.165) is 0 Å². The van der Waals surface area contributed by atoms with Crippen LogP contribution in [0.4, 0.5) is 8.78 Å². The van der Waals surface area contributed by atoms with Crippen molar-refractivity contribution in [1.29, 1.82) is 0 Å². The Morgan fingerprint density at radius 2 is 1.95 bits per heavy atom. The molecular formula is C13H14ClF2NO3. The van der Waals surface area contributed by atoms with Gasteiger partial charge in [-0.2, -0.15) is 0 Å². The molecule has 0 heterocycles. The van der Waals surface area contributed by atoms with Gasteiger partial charge in [-0.3, -0.25) is 4.79 Å². The van der Waals surface area contributed by atoms with Crippen molar-refractivity contribution in [3.63, 3.8) is 0 Å². The highest BCUT2D eigenvalue weighted by Gasteiger charge is 2.34. The fourth-order valence-corrected chi connectivity index (χ4v) is 1.89. The summed E-state index contributed by atoms with van der Waals surface area (Å²) in [4.78, 5) is 23.1. The smallest absolute Gasteiger partial charge is 0.329 e. The predicted molar refractivity (Wildman–Crippen MR) is 69.8 cm³/mol. The number of carbonyl (C=O) groups excluding carboxylic acids is 1. The van der Waals surface area contributed by atoms with Crippen LogP contribution in [0, 0.1) is 11.6 Å². The Labute approximate surface area is 119 Å². The zero-order chi connectivity index (χ0) is 15.5. The summed E-state index contributed by atoms with van der Waals surface area (Å²) >= 11 is 5.38.